The molecule has 2 heterocycles. The summed E-state index contributed by atoms with van der Waals surface area (Å²) in [5, 5.41) is 8.98. The first-order valence-corrected chi connectivity index (χ1v) is 6.22. The molecule has 0 bridgehead atoms. The molecule has 2 rings (SSSR count). The summed E-state index contributed by atoms with van der Waals surface area (Å²) in [6.07, 6.45) is 2.28. The van der Waals surface area contributed by atoms with Crippen LogP contribution in [0.2, 0.25) is 0 Å². The van der Waals surface area contributed by atoms with Crippen LogP contribution in [0.3, 0.4) is 0 Å². The van der Waals surface area contributed by atoms with Crippen molar-refractivity contribution in [2.24, 2.45) is 0 Å². The number of halogens is 1. The molecule has 106 valence electrons. The van der Waals surface area contributed by atoms with Crippen molar-refractivity contribution in [3.05, 3.63) is 17.6 Å². The quantitative estimate of drug-likeness (QED) is 0.762. The molecule has 1 saturated heterocycles. The molecular formula is C12H20ClN5O. The molecule has 1 amide bonds. The maximum atomic E-state index is 11.2. The number of nitrogens with one attached hydrogen (secondary N) is 3. The Kier molecular flexibility index (Phi) is 5.98. The van der Waals surface area contributed by atoms with Gasteiger partial charge in [0.05, 0.1) is 12.2 Å². The minimum atomic E-state index is -0.0631. The number of nitrogens with zero attached hydrogens (tertiary/aromatic N) is 2. The zero-order valence-electron chi connectivity index (χ0n) is 11.2. The minimum absolute atomic E-state index is 0. The predicted octanol–water partition coefficient (Wildman–Crippen LogP) is 0.789. The molecule has 0 saturated carbocycles. The molecule has 0 aliphatic carbocycles. The summed E-state index contributed by atoms with van der Waals surface area (Å²) < 4.78 is 0. The van der Waals surface area contributed by atoms with Gasteiger partial charge in [0.25, 0.3) is 0 Å². The number of rotatable bonds is 4. The molecule has 1 atom stereocenters. The van der Waals surface area contributed by atoms with Crippen molar-refractivity contribution in [2.75, 3.05) is 25.5 Å². The number of carbonyl (C=O) groups excluding carboxylic acids is 1. The topological polar surface area (TPSA) is 78.9 Å². The third-order valence-corrected chi connectivity index (χ3v) is 2.98. The fourth-order valence-corrected chi connectivity index (χ4v) is 2.06. The van der Waals surface area contributed by atoms with Gasteiger partial charge in [-0.3, -0.25) is 4.79 Å². The Hall–Kier alpha value is -1.40. The molecule has 3 N–H and O–H groups in total. The van der Waals surface area contributed by atoms with Crippen LogP contribution in [0.4, 0.5) is 5.82 Å². The summed E-state index contributed by atoms with van der Waals surface area (Å²) in [5.41, 5.74) is 0.999. The summed E-state index contributed by atoms with van der Waals surface area (Å²) in [7, 11) is 1.61. The highest BCUT2D eigenvalue weighted by atomic mass is 35.5. The molecule has 0 spiro atoms. The van der Waals surface area contributed by atoms with Gasteiger partial charge in [-0.2, -0.15) is 0 Å². The van der Waals surface area contributed by atoms with Gasteiger partial charge in [-0.25, -0.2) is 9.97 Å². The number of hydrogen-bond acceptors (Lipinski definition) is 5. The van der Waals surface area contributed by atoms with Crippen LogP contribution in [0, 0.1) is 6.92 Å². The maximum absolute atomic E-state index is 11.2. The van der Waals surface area contributed by atoms with E-state index in [4.69, 9.17) is 0 Å². The molecule has 0 radical (unpaired) electrons. The standard InChI is InChI=1S/C12H19N5O.ClH/c1-8-16-10(9-4-3-5-14-9)6-11(17-8)15-7-12(18)13-2;/h6,9,14H,3-5,7H2,1-2H3,(H,13,18)(H,15,16,17);1H. The van der Waals surface area contributed by atoms with Gasteiger partial charge in [0, 0.05) is 19.2 Å². The van der Waals surface area contributed by atoms with E-state index < -0.39 is 0 Å². The van der Waals surface area contributed by atoms with Gasteiger partial charge in [-0.05, 0) is 26.3 Å². The molecule has 1 fully saturated rings. The molecule has 19 heavy (non-hydrogen) atoms. The van der Waals surface area contributed by atoms with E-state index in [9.17, 15) is 4.79 Å². The van der Waals surface area contributed by atoms with Crippen molar-refractivity contribution in [1.82, 2.24) is 20.6 Å². The van der Waals surface area contributed by atoms with Crippen LogP contribution in [0.15, 0.2) is 6.07 Å². The fourth-order valence-electron chi connectivity index (χ4n) is 2.06. The first kappa shape index (κ1) is 15.7. The third kappa shape index (κ3) is 4.33. The van der Waals surface area contributed by atoms with Crippen LogP contribution < -0.4 is 16.0 Å². The monoisotopic (exact) mass is 285 g/mol. The number of carbonyl (C=O) groups is 1. The summed E-state index contributed by atoms with van der Waals surface area (Å²) in [6.45, 7) is 3.13. The van der Waals surface area contributed by atoms with Gasteiger partial charge in [0.2, 0.25) is 5.91 Å². The maximum Gasteiger partial charge on any atom is 0.239 e. The van der Waals surface area contributed by atoms with E-state index in [1.807, 2.05) is 13.0 Å². The van der Waals surface area contributed by atoms with Crippen molar-refractivity contribution in [3.63, 3.8) is 0 Å². The van der Waals surface area contributed by atoms with E-state index in [2.05, 4.69) is 25.9 Å². The molecule has 6 nitrogen and oxygen atoms in total. The van der Waals surface area contributed by atoms with Crippen LogP contribution in [-0.4, -0.2) is 36.0 Å². The first-order chi connectivity index (χ1) is 8.69. The number of hydrogen-bond donors (Lipinski definition) is 3. The average molecular weight is 286 g/mol. The SMILES string of the molecule is CNC(=O)CNc1cc(C2CCCN2)nc(C)n1.Cl. The second kappa shape index (κ2) is 7.25. The second-order valence-electron chi connectivity index (χ2n) is 4.40. The van der Waals surface area contributed by atoms with Crippen molar-refractivity contribution in [2.45, 2.75) is 25.8 Å². The Balaban J connectivity index is 0.00000180. The van der Waals surface area contributed by atoms with E-state index in [0.29, 0.717) is 11.9 Å². The number of likely N-dealkylation sites (N-methyl/N-ethyl adjacent to an activating group) is 1. The Morgan fingerprint density at radius 1 is 1.53 bits per heavy atom. The number of anilines is 1. The predicted molar refractivity (Wildman–Crippen MR) is 76.6 cm³/mol. The zero-order chi connectivity index (χ0) is 13.0. The van der Waals surface area contributed by atoms with Crippen LogP contribution in [-0.2, 0) is 4.79 Å². The smallest absolute Gasteiger partial charge is 0.239 e. The van der Waals surface area contributed by atoms with E-state index in [1.54, 1.807) is 7.05 Å². The molecule has 1 aromatic rings. The number of amides is 1. The van der Waals surface area contributed by atoms with Crippen molar-refractivity contribution in [3.8, 4) is 0 Å². The largest absolute Gasteiger partial charge is 0.361 e. The van der Waals surface area contributed by atoms with E-state index in [1.165, 1.54) is 6.42 Å². The zero-order valence-corrected chi connectivity index (χ0v) is 12.0. The summed E-state index contributed by atoms with van der Waals surface area (Å²) in [6, 6.07) is 2.23. The third-order valence-electron chi connectivity index (χ3n) is 2.98. The number of aryl methyl sites for hydroxylation is 1. The Bertz CT molecular complexity index is 434. The van der Waals surface area contributed by atoms with Gasteiger partial charge in [0.1, 0.15) is 11.6 Å². The Labute approximate surface area is 119 Å². The molecule has 0 aromatic carbocycles. The van der Waals surface area contributed by atoms with Crippen LogP contribution in [0.1, 0.15) is 30.4 Å². The molecule has 1 aliphatic heterocycles. The van der Waals surface area contributed by atoms with Crippen molar-refractivity contribution < 1.29 is 4.79 Å². The lowest BCUT2D eigenvalue weighted by Crippen LogP contribution is -2.26. The van der Waals surface area contributed by atoms with Gasteiger partial charge in [0.15, 0.2) is 0 Å². The summed E-state index contributed by atoms with van der Waals surface area (Å²) >= 11 is 0. The van der Waals surface area contributed by atoms with Gasteiger partial charge >= 0.3 is 0 Å². The summed E-state index contributed by atoms with van der Waals surface area (Å²) in [4.78, 5) is 19.9. The second-order valence-corrected chi connectivity index (χ2v) is 4.40. The van der Waals surface area contributed by atoms with Gasteiger partial charge in [-0.15, -0.1) is 12.4 Å². The average Bonchev–Trinajstić information content (AvgIpc) is 2.89. The van der Waals surface area contributed by atoms with E-state index in [-0.39, 0.29) is 24.9 Å². The molecule has 1 unspecified atom stereocenters. The fraction of sp³-hybridized carbons (Fsp3) is 0.583. The van der Waals surface area contributed by atoms with Crippen molar-refractivity contribution >= 4 is 24.1 Å². The van der Waals surface area contributed by atoms with Crippen LogP contribution in [0.5, 0.6) is 0 Å². The first-order valence-electron chi connectivity index (χ1n) is 6.22. The minimum Gasteiger partial charge on any atom is -0.361 e. The molecule has 7 heteroatoms. The van der Waals surface area contributed by atoms with Gasteiger partial charge < -0.3 is 16.0 Å². The molecular weight excluding hydrogens is 266 g/mol. The lowest BCUT2D eigenvalue weighted by molar-refractivity contribution is -0.118. The van der Waals surface area contributed by atoms with Crippen LogP contribution >= 0.6 is 12.4 Å². The lowest BCUT2D eigenvalue weighted by Gasteiger charge is -2.12. The van der Waals surface area contributed by atoms with E-state index >= 15 is 0 Å². The van der Waals surface area contributed by atoms with Gasteiger partial charge in [-0.1, -0.05) is 0 Å². The Morgan fingerprint density at radius 2 is 2.32 bits per heavy atom. The van der Waals surface area contributed by atoms with E-state index in [0.717, 1.165) is 24.5 Å². The van der Waals surface area contributed by atoms with Crippen LogP contribution in [0.25, 0.3) is 0 Å². The highest BCUT2D eigenvalue weighted by Crippen LogP contribution is 2.22. The highest BCUT2D eigenvalue weighted by Gasteiger charge is 2.18. The number of aromatic nitrogens is 2. The van der Waals surface area contributed by atoms with Crippen molar-refractivity contribution in [1.29, 1.82) is 0 Å². The summed E-state index contributed by atoms with van der Waals surface area (Å²) in [5.74, 6) is 1.36. The Morgan fingerprint density at radius 3 is 2.95 bits per heavy atom. The normalized spacial score (nSPS) is 17.7. The lowest BCUT2D eigenvalue weighted by atomic mass is 10.1. The molecule has 1 aromatic heterocycles. The highest BCUT2D eigenvalue weighted by molar-refractivity contribution is 5.85. The molecule has 1 aliphatic rings.